The van der Waals surface area contributed by atoms with Crippen molar-refractivity contribution in [3.63, 3.8) is 0 Å². The van der Waals surface area contributed by atoms with Crippen molar-refractivity contribution in [2.24, 2.45) is 0 Å². The highest BCUT2D eigenvalue weighted by Gasteiger charge is 2.21. The molecule has 3 rings (SSSR count). The van der Waals surface area contributed by atoms with Crippen LogP contribution < -0.4 is 5.32 Å². The minimum absolute atomic E-state index is 0.700. The van der Waals surface area contributed by atoms with Crippen LogP contribution >= 0.6 is 22.6 Å². The summed E-state index contributed by atoms with van der Waals surface area (Å²) in [7, 11) is 0. The lowest BCUT2D eigenvalue weighted by atomic mass is 10.1. The molecule has 0 atom stereocenters. The molecule has 0 unspecified atom stereocenters. The predicted molar refractivity (Wildman–Crippen MR) is 83.4 cm³/mol. The van der Waals surface area contributed by atoms with Gasteiger partial charge in [-0.05, 0) is 60.9 Å². The van der Waals surface area contributed by atoms with E-state index in [0.717, 1.165) is 21.6 Å². The van der Waals surface area contributed by atoms with Crippen LogP contribution in [0.5, 0.6) is 0 Å². The predicted octanol–water partition coefficient (Wildman–Crippen LogP) is 2.74. The van der Waals surface area contributed by atoms with E-state index in [1.807, 2.05) is 24.0 Å². The SMILES string of the molecule is Cc1cc(C)c(CNC2CC2)c(-n2cc(I)cn2)n1. The largest absolute Gasteiger partial charge is 0.310 e. The molecule has 0 amide bonds. The molecule has 100 valence electrons. The van der Waals surface area contributed by atoms with Crippen molar-refractivity contribution in [2.45, 2.75) is 39.3 Å². The standard InChI is InChI=1S/C14H17IN4/c1-9-5-10(2)18-14(19-8-11(15)6-17-19)13(9)7-16-12-3-4-12/h5-6,8,12,16H,3-4,7H2,1-2H3. The Morgan fingerprint density at radius 2 is 2.21 bits per heavy atom. The normalized spacial score (nSPS) is 14.9. The van der Waals surface area contributed by atoms with Crippen LogP contribution in [0.3, 0.4) is 0 Å². The Balaban J connectivity index is 1.99. The number of halogens is 1. The topological polar surface area (TPSA) is 42.7 Å². The van der Waals surface area contributed by atoms with Gasteiger partial charge in [-0.15, -0.1) is 0 Å². The van der Waals surface area contributed by atoms with E-state index in [0.29, 0.717) is 6.04 Å². The molecular formula is C14H17IN4. The lowest BCUT2D eigenvalue weighted by molar-refractivity contribution is 0.672. The molecule has 2 aromatic heterocycles. The summed E-state index contributed by atoms with van der Waals surface area (Å²) < 4.78 is 3.01. The van der Waals surface area contributed by atoms with Crippen molar-refractivity contribution >= 4 is 22.6 Å². The van der Waals surface area contributed by atoms with Crippen molar-refractivity contribution in [1.29, 1.82) is 0 Å². The van der Waals surface area contributed by atoms with Crippen LogP contribution in [0.2, 0.25) is 0 Å². The Morgan fingerprint density at radius 1 is 1.42 bits per heavy atom. The minimum Gasteiger partial charge on any atom is -0.310 e. The third-order valence-electron chi connectivity index (χ3n) is 3.37. The van der Waals surface area contributed by atoms with Crippen LogP contribution in [-0.4, -0.2) is 20.8 Å². The van der Waals surface area contributed by atoms with Crippen LogP contribution in [0, 0.1) is 17.4 Å². The first-order valence-corrected chi connectivity index (χ1v) is 7.62. The monoisotopic (exact) mass is 368 g/mol. The second-order valence-corrected chi connectivity index (χ2v) is 6.39. The van der Waals surface area contributed by atoms with Crippen molar-refractivity contribution in [3.05, 3.63) is 38.9 Å². The second-order valence-electron chi connectivity index (χ2n) is 5.14. The van der Waals surface area contributed by atoms with Crippen LogP contribution in [0.25, 0.3) is 5.82 Å². The highest BCUT2D eigenvalue weighted by molar-refractivity contribution is 14.1. The fourth-order valence-corrected chi connectivity index (χ4v) is 2.59. The summed E-state index contributed by atoms with van der Waals surface area (Å²) in [5, 5.41) is 7.96. The number of hydrogen-bond acceptors (Lipinski definition) is 3. The quantitative estimate of drug-likeness (QED) is 0.844. The van der Waals surface area contributed by atoms with Gasteiger partial charge in [-0.1, -0.05) is 0 Å². The molecule has 4 nitrogen and oxygen atoms in total. The molecule has 2 aromatic rings. The molecule has 2 heterocycles. The summed E-state index contributed by atoms with van der Waals surface area (Å²) in [5.74, 6) is 0.952. The maximum atomic E-state index is 4.67. The molecule has 0 bridgehead atoms. The van der Waals surface area contributed by atoms with E-state index in [2.05, 4.69) is 51.0 Å². The average molecular weight is 368 g/mol. The Bertz CT molecular complexity index is 601. The zero-order chi connectivity index (χ0) is 13.4. The fourth-order valence-electron chi connectivity index (χ4n) is 2.20. The van der Waals surface area contributed by atoms with Gasteiger partial charge in [0, 0.05) is 30.0 Å². The maximum Gasteiger partial charge on any atom is 0.158 e. The first kappa shape index (κ1) is 13.1. The molecule has 0 aromatic carbocycles. The van der Waals surface area contributed by atoms with Gasteiger partial charge in [0.1, 0.15) is 0 Å². The first-order valence-electron chi connectivity index (χ1n) is 6.54. The number of aromatic nitrogens is 3. The van der Waals surface area contributed by atoms with E-state index in [1.165, 1.54) is 24.0 Å². The van der Waals surface area contributed by atoms with Gasteiger partial charge in [0.05, 0.1) is 9.77 Å². The highest BCUT2D eigenvalue weighted by Crippen LogP contribution is 2.22. The molecule has 5 heteroatoms. The van der Waals surface area contributed by atoms with Gasteiger partial charge in [0.15, 0.2) is 5.82 Å². The van der Waals surface area contributed by atoms with E-state index in [-0.39, 0.29) is 0 Å². The lowest BCUT2D eigenvalue weighted by Crippen LogP contribution is -2.19. The number of nitrogens with zero attached hydrogens (tertiary/aromatic N) is 3. The molecule has 1 fully saturated rings. The third kappa shape index (κ3) is 2.97. The summed E-state index contributed by atoms with van der Waals surface area (Å²) in [6.45, 7) is 5.05. The summed E-state index contributed by atoms with van der Waals surface area (Å²) >= 11 is 2.27. The van der Waals surface area contributed by atoms with Crippen molar-refractivity contribution in [3.8, 4) is 5.82 Å². The summed E-state index contributed by atoms with van der Waals surface area (Å²) in [6, 6.07) is 2.84. The number of pyridine rings is 1. The van der Waals surface area contributed by atoms with E-state index in [1.54, 1.807) is 0 Å². The number of nitrogens with one attached hydrogen (secondary N) is 1. The van der Waals surface area contributed by atoms with E-state index >= 15 is 0 Å². The van der Waals surface area contributed by atoms with Gasteiger partial charge in [-0.2, -0.15) is 5.10 Å². The maximum absolute atomic E-state index is 4.67. The first-order chi connectivity index (χ1) is 9.13. The molecule has 0 radical (unpaired) electrons. The van der Waals surface area contributed by atoms with Gasteiger partial charge in [0.2, 0.25) is 0 Å². The summed E-state index contributed by atoms with van der Waals surface area (Å²) in [6.07, 6.45) is 6.47. The Hall–Kier alpha value is -0.950. The average Bonchev–Trinajstić information content (AvgIpc) is 3.08. The van der Waals surface area contributed by atoms with Gasteiger partial charge in [0.25, 0.3) is 0 Å². The summed E-state index contributed by atoms with van der Waals surface area (Å²) in [4.78, 5) is 4.67. The molecule has 1 aliphatic rings. The van der Waals surface area contributed by atoms with E-state index < -0.39 is 0 Å². The summed E-state index contributed by atoms with van der Waals surface area (Å²) in [5.41, 5.74) is 3.56. The van der Waals surface area contributed by atoms with E-state index in [9.17, 15) is 0 Å². The molecule has 0 saturated heterocycles. The van der Waals surface area contributed by atoms with Crippen LogP contribution in [0.15, 0.2) is 18.5 Å². The van der Waals surface area contributed by atoms with Crippen LogP contribution in [0.1, 0.15) is 29.7 Å². The zero-order valence-electron chi connectivity index (χ0n) is 11.2. The smallest absolute Gasteiger partial charge is 0.158 e. The van der Waals surface area contributed by atoms with E-state index in [4.69, 9.17) is 0 Å². The van der Waals surface area contributed by atoms with Gasteiger partial charge in [-0.3, -0.25) is 0 Å². The van der Waals surface area contributed by atoms with Gasteiger partial charge >= 0.3 is 0 Å². The van der Waals surface area contributed by atoms with Crippen molar-refractivity contribution in [2.75, 3.05) is 0 Å². The van der Waals surface area contributed by atoms with Crippen LogP contribution in [0.4, 0.5) is 0 Å². The Kier molecular flexibility index (Phi) is 3.58. The molecular weight excluding hydrogens is 351 g/mol. The number of rotatable bonds is 4. The third-order valence-corrected chi connectivity index (χ3v) is 3.92. The van der Waals surface area contributed by atoms with Crippen molar-refractivity contribution < 1.29 is 0 Å². The number of hydrogen-bond donors (Lipinski definition) is 1. The molecule has 19 heavy (non-hydrogen) atoms. The molecule has 0 spiro atoms. The number of aryl methyl sites for hydroxylation is 2. The zero-order valence-corrected chi connectivity index (χ0v) is 13.3. The molecule has 1 N–H and O–H groups in total. The van der Waals surface area contributed by atoms with Gasteiger partial charge < -0.3 is 5.32 Å². The molecule has 1 aliphatic carbocycles. The Labute approximate surface area is 126 Å². The second kappa shape index (κ2) is 5.20. The molecule has 1 saturated carbocycles. The fraction of sp³-hybridized carbons (Fsp3) is 0.429. The van der Waals surface area contributed by atoms with Crippen LogP contribution in [-0.2, 0) is 6.54 Å². The highest BCUT2D eigenvalue weighted by atomic mass is 127. The Morgan fingerprint density at radius 3 is 2.84 bits per heavy atom. The molecule has 0 aliphatic heterocycles. The lowest BCUT2D eigenvalue weighted by Gasteiger charge is -2.13. The van der Waals surface area contributed by atoms with Gasteiger partial charge in [-0.25, -0.2) is 9.67 Å². The minimum atomic E-state index is 0.700. The van der Waals surface area contributed by atoms with Crippen molar-refractivity contribution in [1.82, 2.24) is 20.1 Å².